The highest BCUT2D eigenvalue weighted by atomic mass is 35.5. The van der Waals surface area contributed by atoms with Crippen LogP contribution in [-0.2, 0) is 12.0 Å². The van der Waals surface area contributed by atoms with Gasteiger partial charge in [-0.25, -0.2) is 0 Å². The van der Waals surface area contributed by atoms with E-state index in [1.807, 2.05) is 0 Å². The topological polar surface area (TPSA) is 0 Å². The van der Waals surface area contributed by atoms with Crippen LogP contribution in [0.4, 0.5) is 0 Å². The summed E-state index contributed by atoms with van der Waals surface area (Å²) < 4.78 is 1.12. The van der Waals surface area contributed by atoms with Crippen LogP contribution in [-0.4, -0.2) is 25.1 Å². The van der Waals surface area contributed by atoms with Gasteiger partial charge in [-0.3, -0.25) is 0 Å². The van der Waals surface area contributed by atoms with Gasteiger partial charge in [-0.05, 0) is 24.8 Å². The number of rotatable bonds is 20. The normalized spacial score (nSPS) is 12.1. The number of unbranched alkanes of at least 4 members (excludes halogenated alkanes) is 13. The Bertz CT molecular complexity index is 576. The molecule has 0 heterocycles. The number of nitrogens with zero attached hydrogens (tertiary/aromatic N) is 1. The predicted molar refractivity (Wildman–Crippen MR) is 145 cm³/mol. The molecule has 0 aliphatic carbocycles. The Balaban J connectivity index is 0.0000102. The molecule has 0 fully saturated rings. The van der Waals surface area contributed by atoms with E-state index in [0.717, 1.165) is 10.9 Å². The molecular formula is C31H58ClN. The number of hydrogen-bond acceptors (Lipinski definition) is 0. The van der Waals surface area contributed by atoms with Gasteiger partial charge < -0.3 is 16.9 Å². The van der Waals surface area contributed by atoms with Crippen LogP contribution in [0.15, 0.2) is 24.3 Å². The number of hydrogen-bond donors (Lipinski definition) is 0. The molecule has 1 aromatic carbocycles. The Kier molecular flexibility index (Phi) is 18.5. The molecule has 0 radical (unpaired) electrons. The fourth-order valence-electron chi connectivity index (χ4n) is 6.01. The summed E-state index contributed by atoms with van der Waals surface area (Å²) in [5.74, 6) is 0. The standard InChI is InChI=1S/C31H58N.ClH/c1-7-11-12-13-14-15-16-17-18-19-20-21-22-25-28-32(5,6)31(9-3,10-4)30-27-24-23-26-29(30)8-2;/h23-24,26-27H,7-22,25,28H2,1-6H3;1H/q+1;/p-1. The van der Waals surface area contributed by atoms with E-state index in [4.69, 9.17) is 0 Å². The third-order valence-electron chi connectivity index (χ3n) is 8.30. The lowest BCUT2D eigenvalue weighted by Crippen LogP contribution is -3.00. The molecule has 0 N–H and O–H groups in total. The highest BCUT2D eigenvalue weighted by Gasteiger charge is 2.44. The molecule has 0 unspecified atom stereocenters. The molecule has 0 aliphatic heterocycles. The molecule has 0 atom stereocenters. The van der Waals surface area contributed by atoms with E-state index in [1.165, 1.54) is 109 Å². The summed E-state index contributed by atoms with van der Waals surface area (Å²) in [5, 5.41) is 0. The van der Waals surface area contributed by atoms with Crippen LogP contribution in [0.1, 0.15) is 142 Å². The van der Waals surface area contributed by atoms with Crippen molar-refractivity contribution in [3.05, 3.63) is 35.4 Å². The maximum absolute atomic E-state index is 2.49. The van der Waals surface area contributed by atoms with E-state index in [2.05, 4.69) is 66.1 Å². The Morgan fingerprint density at radius 2 is 1.03 bits per heavy atom. The third kappa shape index (κ3) is 10.7. The molecule has 0 bridgehead atoms. The third-order valence-corrected chi connectivity index (χ3v) is 8.30. The number of halogens is 1. The maximum atomic E-state index is 2.49. The predicted octanol–water partition coefficient (Wildman–Crippen LogP) is 6.83. The Labute approximate surface area is 215 Å². The Morgan fingerprint density at radius 3 is 1.45 bits per heavy atom. The molecular weight excluding hydrogens is 422 g/mol. The van der Waals surface area contributed by atoms with Gasteiger partial charge in [-0.15, -0.1) is 0 Å². The first-order valence-electron chi connectivity index (χ1n) is 14.4. The molecule has 194 valence electrons. The second-order valence-corrected chi connectivity index (χ2v) is 10.8. The summed E-state index contributed by atoms with van der Waals surface area (Å²) >= 11 is 0. The minimum Gasteiger partial charge on any atom is -1.00 e. The highest BCUT2D eigenvalue weighted by Crippen LogP contribution is 2.41. The average Bonchev–Trinajstić information content (AvgIpc) is 2.80. The van der Waals surface area contributed by atoms with E-state index in [1.54, 1.807) is 11.1 Å². The van der Waals surface area contributed by atoms with E-state index in [-0.39, 0.29) is 17.9 Å². The molecule has 33 heavy (non-hydrogen) atoms. The van der Waals surface area contributed by atoms with Gasteiger partial charge in [0.1, 0.15) is 5.54 Å². The summed E-state index contributed by atoms with van der Waals surface area (Å²) in [6.45, 7) is 10.7. The minimum absolute atomic E-state index is 0. The Hall–Kier alpha value is -0.530. The van der Waals surface area contributed by atoms with Crippen molar-refractivity contribution < 1.29 is 16.9 Å². The lowest BCUT2D eigenvalue weighted by molar-refractivity contribution is -0.951. The van der Waals surface area contributed by atoms with Crippen LogP contribution >= 0.6 is 0 Å². The van der Waals surface area contributed by atoms with Gasteiger partial charge in [0.2, 0.25) is 0 Å². The molecule has 0 aromatic heterocycles. The monoisotopic (exact) mass is 479 g/mol. The zero-order valence-corrected chi connectivity index (χ0v) is 24.1. The lowest BCUT2D eigenvalue weighted by Gasteiger charge is -2.49. The molecule has 0 saturated carbocycles. The van der Waals surface area contributed by atoms with Crippen molar-refractivity contribution in [2.24, 2.45) is 0 Å². The summed E-state index contributed by atoms with van der Waals surface area (Å²) in [5.41, 5.74) is 3.38. The van der Waals surface area contributed by atoms with Crippen LogP contribution in [0.5, 0.6) is 0 Å². The second-order valence-electron chi connectivity index (χ2n) is 10.8. The van der Waals surface area contributed by atoms with E-state index >= 15 is 0 Å². The van der Waals surface area contributed by atoms with Gasteiger partial charge in [0, 0.05) is 18.4 Å². The highest BCUT2D eigenvalue weighted by molar-refractivity contribution is 5.32. The largest absolute Gasteiger partial charge is 1.00 e. The van der Waals surface area contributed by atoms with Gasteiger partial charge in [-0.1, -0.05) is 129 Å². The van der Waals surface area contributed by atoms with Crippen molar-refractivity contribution in [1.29, 1.82) is 0 Å². The molecule has 1 aromatic rings. The van der Waals surface area contributed by atoms with Crippen molar-refractivity contribution in [3.63, 3.8) is 0 Å². The number of quaternary nitrogens is 1. The number of aryl methyl sites for hydroxylation is 1. The van der Waals surface area contributed by atoms with E-state index in [0.29, 0.717) is 0 Å². The quantitative estimate of drug-likeness (QED) is 0.142. The first kappa shape index (κ1) is 32.5. The van der Waals surface area contributed by atoms with Crippen molar-refractivity contribution in [2.75, 3.05) is 20.6 Å². The van der Waals surface area contributed by atoms with Crippen molar-refractivity contribution in [3.8, 4) is 0 Å². The zero-order chi connectivity index (χ0) is 23.7. The maximum Gasteiger partial charge on any atom is 0.124 e. The van der Waals surface area contributed by atoms with Crippen LogP contribution < -0.4 is 12.4 Å². The molecule has 0 amide bonds. The van der Waals surface area contributed by atoms with Crippen LogP contribution in [0.25, 0.3) is 0 Å². The van der Waals surface area contributed by atoms with Gasteiger partial charge >= 0.3 is 0 Å². The van der Waals surface area contributed by atoms with E-state index in [9.17, 15) is 0 Å². The molecule has 2 heteroatoms. The molecule has 0 spiro atoms. The van der Waals surface area contributed by atoms with Gasteiger partial charge in [0.15, 0.2) is 0 Å². The SMILES string of the molecule is CCCCCCCCCCCCCCCC[N+](C)(C)C(CC)(CC)c1ccccc1CC.[Cl-]. The number of benzene rings is 1. The average molecular weight is 480 g/mol. The first-order valence-corrected chi connectivity index (χ1v) is 14.4. The molecule has 1 rings (SSSR count). The molecule has 0 aliphatic rings. The van der Waals surface area contributed by atoms with Gasteiger partial charge in [-0.2, -0.15) is 0 Å². The van der Waals surface area contributed by atoms with Crippen LogP contribution in [0.2, 0.25) is 0 Å². The summed E-state index contributed by atoms with van der Waals surface area (Å²) in [4.78, 5) is 0. The van der Waals surface area contributed by atoms with Gasteiger partial charge in [0.05, 0.1) is 20.6 Å². The lowest BCUT2D eigenvalue weighted by atomic mass is 9.78. The van der Waals surface area contributed by atoms with Crippen LogP contribution in [0.3, 0.4) is 0 Å². The van der Waals surface area contributed by atoms with Crippen molar-refractivity contribution >= 4 is 0 Å². The summed E-state index contributed by atoms with van der Waals surface area (Å²) in [6, 6.07) is 9.23. The van der Waals surface area contributed by atoms with Crippen LogP contribution in [0, 0.1) is 0 Å². The first-order chi connectivity index (χ1) is 15.5. The minimum atomic E-state index is 0. The van der Waals surface area contributed by atoms with Crippen molar-refractivity contribution in [2.45, 2.75) is 142 Å². The smallest absolute Gasteiger partial charge is 0.124 e. The fraction of sp³-hybridized carbons (Fsp3) is 0.806. The molecule has 0 saturated heterocycles. The van der Waals surface area contributed by atoms with Crippen molar-refractivity contribution in [1.82, 2.24) is 0 Å². The molecule has 1 nitrogen and oxygen atoms in total. The zero-order valence-electron chi connectivity index (χ0n) is 23.4. The second kappa shape index (κ2) is 18.8. The fourth-order valence-corrected chi connectivity index (χ4v) is 6.01. The summed E-state index contributed by atoms with van der Waals surface area (Å²) in [7, 11) is 4.98. The summed E-state index contributed by atoms with van der Waals surface area (Å²) in [6.07, 6.45) is 23.7. The van der Waals surface area contributed by atoms with Gasteiger partial charge in [0.25, 0.3) is 0 Å². The Morgan fingerprint density at radius 1 is 0.606 bits per heavy atom. The van der Waals surface area contributed by atoms with E-state index < -0.39 is 0 Å².